The fraction of sp³-hybridized carbons (Fsp3) is 0.514. The first-order valence-electron chi connectivity index (χ1n) is 15.9. The van der Waals surface area contributed by atoms with Gasteiger partial charge in [0.25, 0.3) is 0 Å². The molecule has 10 heteroatoms. The van der Waals surface area contributed by atoms with Gasteiger partial charge < -0.3 is 19.6 Å². The van der Waals surface area contributed by atoms with Crippen molar-refractivity contribution in [3.63, 3.8) is 0 Å². The summed E-state index contributed by atoms with van der Waals surface area (Å²) >= 11 is 0. The molecule has 6 rings (SSSR count). The summed E-state index contributed by atoms with van der Waals surface area (Å²) in [5, 5.41) is 15.8. The number of carbonyl (C=O) groups is 1. The Labute approximate surface area is 265 Å². The molecule has 1 fully saturated rings. The summed E-state index contributed by atoms with van der Waals surface area (Å²) in [7, 11) is 1.90. The maximum absolute atomic E-state index is 12.8. The highest BCUT2D eigenvalue weighted by Crippen LogP contribution is 2.45. The number of aliphatic carboxylic acids is 1. The number of pyridine rings is 1. The number of nitrogens with zero attached hydrogens (tertiary/aromatic N) is 7. The van der Waals surface area contributed by atoms with E-state index in [-0.39, 0.29) is 5.41 Å². The van der Waals surface area contributed by atoms with Gasteiger partial charge in [0.2, 0.25) is 0 Å². The molecule has 1 saturated heterocycles. The number of hydrogen-bond acceptors (Lipinski definition) is 8. The van der Waals surface area contributed by atoms with Crippen LogP contribution in [0.25, 0.3) is 22.2 Å². The van der Waals surface area contributed by atoms with E-state index in [0.29, 0.717) is 11.3 Å². The number of benzene rings is 1. The third kappa shape index (κ3) is 6.00. The van der Waals surface area contributed by atoms with Crippen molar-refractivity contribution < 1.29 is 14.6 Å². The van der Waals surface area contributed by atoms with E-state index >= 15 is 0 Å². The third-order valence-electron chi connectivity index (χ3n) is 9.29. The molecule has 1 atom stereocenters. The molecule has 0 radical (unpaired) electrons. The van der Waals surface area contributed by atoms with Gasteiger partial charge in [-0.25, -0.2) is 14.8 Å². The zero-order valence-electron chi connectivity index (χ0n) is 27.8. The third-order valence-corrected chi connectivity index (χ3v) is 9.29. The van der Waals surface area contributed by atoms with Gasteiger partial charge in [-0.15, -0.1) is 0 Å². The van der Waals surface area contributed by atoms with Crippen LogP contribution in [0.15, 0.2) is 30.7 Å². The van der Waals surface area contributed by atoms with Crippen LogP contribution in [0.3, 0.4) is 0 Å². The standard InChI is InChI=1S/C35H45N7O3/c1-21-27(24-9-10-25-19-42(14-11-23(25)17-24)32-26-18-38-40(8)31(26)36-20-37-32)29(41-15-12-35(6,7)13-16-41)28(22(2)39-21)30(33(43)44)45-34(3,4)5/h9-10,17-18,20,30H,11-16,19H2,1-8H3,(H,43,44)/t30-/m0/s1. The smallest absolute Gasteiger partial charge is 0.337 e. The second-order valence-corrected chi connectivity index (χ2v) is 14.4. The van der Waals surface area contributed by atoms with Crippen LogP contribution in [0.1, 0.15) is 81.6 Å². The van der Waals surface area contributed by atoms with E-state index in [4.69, 9.17) is 9.72 Å². The fourth-order valence-electron chi connectivity index (χ4n) is 6.85. The van der Waals surface area contributed by atoms with Crippen molar-refractivity contribution in [3.8, 4) is 11.1 Å². The zero-order chi connectivity index (χ0) is 32.3. The van der Waals surface area contributed by atoms with Gasteiger partial charge in [-0.05, 0) is 76.0 Å². The minimum atomic E-state index is -1.13. The minimum absolute atomic E-state index is 0.241. The minimum Gasteiger partial charge on any atom is -0.479 e. The maximum atomic E-state index is 12.8. The van der Waals surface area contributed by atoms with Gasteiger partial charge in [0.05, 0.1) is 22.9 Å². The molecule has 0 unspecified atom stereocenters. The molecular formula is C35H45N7O3. The lowest BCUT2D eigenvalue weighted by Gasteiger charge is -2.41. The van der Waals surface area contributed by atoms with E-state index in [1.54, 1.807) is 11.0 Å². The van der Waals surface area contributed by atoms with Gasteiger partial charge in [0.15, 0.2) is 11.8 Å². The lowest BCUT2D eigenvalue weighted by atomic mass is 9.81. The van der Waals surface area contributed by atoms with Gasteiger partial charge >= 0.3 is 5.97 Å². The summed E-state index contributed by atoms with van der Waals surface area (Å²) in [6, 6.07) is 6.66. The number of carboxylic acids is 1. The van der Waals surface area contributed by atoms with Crippen molar-refractivity contribution in [2.24, 2.45) is 12.5 Å². The van der Waals surface area contributed by atoms with Crippen LogP contribution in [0.4, 0.5) is 11.5 Å². The Balaban J connectivity index is 1.44. The molecular weight excluding hydrogens is 566 g/mol. The van der Waals surface area contributed by atoms with Crippen molar-refractivity contribution >= 4 is 28.5 Å². The SMILES string of the molecule is Cc1nc(C)c([C@H](OC(C)(C)C)C(=O)O)c(N2CCC(C)(C)CC2)c1-c1ccc2c(c1)CCN(c1ncnc3c1cnn3C)C2. The van der Waals surface area contributed by atoms with Crippen molar-refractivity contribution in [1.82, 2.24) is 24.7 Å². The number of aromatic nitrogens is 5. The summed E-state index contributed by atoms with van der Waals surface area (Å²) in [4.78, 5) is 31.5. The molecule has 0 bridgehead atoms. The second kappa shape index (κ2) is 11.4. The molecule has 0 aliphatic carbocycles. The normalized spacial score (nSPS) is 17.4. The quantitative estimate of drug-likeness (QED) is 0.274. The molecule has 1 aromatic carbocycles. The van der Waals surface area contributed by atoms with Gasteiger partial charge in [-0.1, -0.05) is 32.0 Å². The molecule has 1 N–H and O–H groups in total. The zero-order valence-corrected chi connectivity index (χ0v) is 27.8. The highest BCUT2D eigenvalue weighted by Gasteiger charge is 2.36. The first-order valence-corrected chi connectivity index (χ1v) is 15.9. The van der Waals surface area contributed by atoms with Gasteiger partial charge in [0, 0.05) is 55.7 Å². The second-order valence-electron chi connectivity index (χ2n) is 14.4. The maximum Gasteiger partial charge on any atom is 0.337 e. The Morgan fingerprint density at radius 1 is 1.02 bits per heavy atom. The number of hydrogen-bond donors (Lipinski definition) is 1. The summed E-state index contributed by atoms with van der Waals surface area (Å²) in [5.41, 5.74) is 8.21. The van der Waals surface area contributed by atoms with E-state index in [2.05, 4.69) is 56.9 Å². The van der Waals surface area contributed by atoms with E-state index in [0.717, 1.165) is 84.8 Å². The Bertz CT molecular complexity index is 1760. The Hall–Kier alpha value is -4.05. The van der Waals surface area contributed by atoms with Crippen molar-refractivity contribution in [3.05, 3.63) is 58.8 Å². The first kappa shape index (κ1) is 31.0. The Morgan fingerprint density at radius 2 is 1.76 bits per heavy atom. The van der Waals surface area contributed by atoms with Gasteiger partial charge in [0.1, 0.15) is 12.1 Å². The topological polar surface area (TPSA) is 110 Å². The summed E-state index contributed by atoms with van der Waals surface area (Å²) in [5.74, 6) is -0.0962. The molecule has 5 heterocycles. The number of aryl methyl sites for hydroxylation is 3. The number of fused-ring (bicyclic) bond motifs is 2. The van der Waals surface area contributed by atoms with Crippen LogP contribution in [-0.4, -0.2) is 61.0 Å². The average Bonchev–Trinajstić information content (AvgIpc) is 3.35. The molecule has 0 saturated carbocycles. The molecule has 3 aromatic heterocycles. The lowest BCUT2D eigenvalue weighted by Crippen LogP contribution is -2.39. The summed E-state index contributed by atoms with van der Waals surface area (Å²) in [6.07, 6.45) is 5.22. The van der Waals surface area contributed by atoms with E-state index in [1.165, 1.54) is 11.1 Å². The molecule has 2 aliphatic heterocycles. The predicted molar refractivity (Wildman–Crippen MR) is 177 cm³/mol. The van der Waals surface area contributed by atoms with Gasteiger partial charge in [-0.2, -0.15) is 5.10 Å². The molecule has 0 spiro atoms. The Morgan fingerprint density at radius 3 is 2.44 bits per heavy atom. The Kier molecular flexibility index (Phi) is 7.83. The molecule has 10 nitrogen and oxygen atoms in total. The summed E-state index contributed by atoms with van der Waals surface area (Å²) in [6.45, 7) is 17.5. The van der Waals surface area contributed by atoms with E-state index in [1.807, 2.05) is 47.9 Å². The molecule has 2 aliphatic rings. The number of carboxylic acid groups (broad SMARTS) is 1. The number of anilines is 2. The number of piperidine rings is 1. The molecule has 4 aromatic rings. The van der Waals surface area contributed by atoms with Crippen LogP contribution in [0.2, 0.25) is 0 Å². The van der Waals surface area contributed by atoms with E-state index in [9.17, 15) is 9.90 Å². The highest BCUT2D eigenvalue weighted by atomic mass is 16.5. The van der Waals surface area contributed by atoms with E-state index < -0.39 is 17.7 Å². The van der Waals surface area contributed by atoms with Crippen LogP contribution in [0.5, 0.6) is 0 Å². The monoisotopic (exact) mass is 611 g/mol. The van der Waals surface area contributed by atoms with Crippen LogP contribution < -0.4 is 9.80 Å². The first-order chi connectivity index (χ1) is 21.2. The van der Waals surface area contributed by atoms with Gasteiger partial charge in [-0.3, -0.25) is 9.67 Å². The molecule has 238 valence electrons. The van der Waals surface area contributed by atoms with Crippen LogP contribution >= 0.6 is 0 Å². The van der Waals surface area contributed by atoms with Crippen molar-refractivity contribution in [2.75, 3.05) is 29.4 Å². The van der Waals surface area contributed by atoms with Crippen molar-refractivity contribution in [1.29, 1.82) is 0 Å². The largest absolute Gasteiger partial charge is 0.479 e. The number of rotatable bonds is 6. The molecule has 0 amide bonds. The van der Waals surface area contributed by atoms with Crippen LogP contribution in [0, 0.1) is 19.3 Å². The molecule has 45 heavy (non-hydrogen) atoms. The van der Waals surface area contributed by atoms with Crippen LogP contribution in [-0.2, 0) is 29.5 Å². The number of ether oxygens (including phenoxy) is 1. The lowest BCUT2D eigenvalue weighted by molar-refractivity contribution is -0.160. The average molecular weight is 612 g/mol. The fourth-order valence-corrected chi connectivity index (χ4v) is 6.85. The van der Waals surface area contributed by atoms with Crippen molar-refractivity contribution in [2.45, 2.75) is 86.0 Å². The highest BCUT2D eigenvalue weighted by molar-refractivity contribution is 5.89. The predicted octanol–water partition coefficient (Wildman–Crippen LogP) is 6.17. The summed E-state index contributed by atoms with van der Waals surface area (Å²) < 4.78 is 8.03.